The fraction of sp³-hybridized carbons (Fsp3) is 0.625. The molecule has 1 atom stereocenters. The lowest BCUT2D eigenvalue weighted by Crippen LogP contribution is -2.72. The molecule has 0 saturated heterocycles. The number of halogens is 11. The minimum Gasteiger partial charge on any atom is -0.396 e. The minimum absolute atomic E-state index is 3.05. The van der Waals surface area contributed by atoms with Crippen molar-refractivity contribution in [3.63, 3.8) is 0 Å². The van der Waals surface area contributed by atoms with Gasteiger partial charge in [-0.15, -0.1) is 0 Å². The number of nitrogens with one attached hydrogen (secondary N) is 1. The van der Waals surface area contributed by atoms with E-state index in [4.69, 9.17) is 5.41 Å². The first-order valence-corrected chi connectivity index (χ1v) is 4.62. The van der Waals surface area contributed by atoms with Crippen LogP contribution in [0.4, 0.5) is 48.3 Å². The van der Waals surface area contributed by atoms with Gasteiger partial charge in [-0.3, -0.25) is 0 Å². The average molecular weight is 336 g/mol. The smallest absolute Gasteiger partial charge is 0.396 e. The summed E-state index contributed by atoms with van der Waals surface area (Å²) >= 11 is 0. The van der Waals surface area contributed by atoms with E-state index in [1.54, 1.807) is 0 Å². The van der Waals surface area contributed by atoms with E-state index in [2.05, 4.69) is 5.73 Å². The van der Waals surface area contributed by atoms with Crippen LogP contribution in [-0.4, -0.2) is 35.6 Å². The molecule has 122 valence electrons. The van der Waals surface area contributed by atoms with Crippen molar-refractivity contribution in [2.75, 3.05) is 0 Å². The van der Waals surface area contributed by atoms with Crippen molar-refractivity contribution in [1.82, 2.24) is 0 Å². The molecule has 3 N–H and O–H groups in total. The zero-order valence-corrected chi connectivity index (χ0v) is 9.23. The van der Waals surface area contributed by atoms with E-state index >= 15 is 0 Å². The first kappa shape index (κ1) is 17.5. The van der Waals surface area contributed by atoms with Crippen LogP contribution in [0.5, 0.6) is 0 Å². The van der Waals surface area contributed by atoms with Crippen LogP contribution in [0, 0.1) is 5.41 Å². The SMILES string of the molecule is N=C1C(C(F)(F)F)=C(N)C(F)(F)C(F)(F)C1(F)C(F)(F)F. The van der Waals surface area contributed by atoms with E-state index in [0.29, 0.717) is 0 Å². The first-order valence-electron chi connectivity index (χ1n) is 4.62. The average Bonchev–Trinajstić information content (AvgIpc) is 2.22. The molecule has 0 aromatic heterocycles. The van der Waals surface area contributed by atoms with Gasteiger partial charge in [-0.25, -0.2) is 4.39 Å². The highest BCUT2D eigenvalue weighted by Gasteiger charge is 2.86. The quantitative estimate of drug-likeness (QED) is 0.655. The summed E-state index contributed by atoms with van der Waals surface area (Å²) in [5.41, 5.74) is -12.2. The minimum atomic E-state index is -6.91. The van der Waals surface area contributed by atoms with Crippen molar-refractivity contribution in [3.05, 3.63) is 11.3 Å². The van der Waals surface area contributed by atoms with Crippen molar-refractivity contribution in [2.24, 2.45) is 5.73 Å². The molecule has 0 heterocycles. The number of rotatable bonds is 0. The maximum Gasteiger partial charge on any atom is 0.434 e. The van der Waals surface area contributed by atoms with Crippen molar-refractivity contribution in [1.29, 1.82) is 5.41 Å². The van der Waals surface area contributed by atoms with E-state index < -0.39 is 46.8 Å². The van der Waals surface area contributed by atoms with Gasteiger partial charge < -0.3 is 11.1 Å². The Kier molecular flexibility index (Phi) is 3.33. The second-order valence-electron chi connectivity index (χ2n) is 3.97. The third kappa shape index (κ3) is 1.88. The topological polar surface area (TPSA) is 49.9 Å². The molecule has 1 aliphatic carbocycles. The summed E-state index contributed by atoms with van der Waals surface area (Å²) < 4.78 is 140. The molecular formula is C8H3F11N2. The van der Waals surface area contributed by atoms with Crippen LogP contribution in [0.1, 0.15) is 0 Å². The third-order valence-corrected chi connectivity index (χ3v) is 2.70. The van der Waals surface area contributed by atoms with Crippen LogP contribution >= 0.6 is 0 Å². The van der Waals surface area contributed by atoms with Crippen molar-refractivity contribution < 1.29 is 48.3 Å². The normalized spacial score (nSPS) is 29.8. The van der Waals surface area contributed by atoms with Crippen LogP contribution in [0.2, 0.25) is 0 Å². The van der Waals surface area contributed by atoms with Gasteiger partial charge in [0.25, 0.3) is 0 Å². The Balaban J connectivity index is 3.89. The van der Waals surface area contributed by atoms with Gasteiger partial charge in [0.1, 0.15) is 5.57 Å². The van der Waals surface area contributed by atoms with Gasteiger partial charge in [-0.1, -0.05) is 0 Å². The highest BCUT2D eigenvalue weighted by molar-refractivity contribution is 6.08. The molecule has 13 heteroatoms. The zero-order valence-electron chi connectivity index (χ0n) is 9.23. The summed E-state index contributed by atoms with van der Waals surface area (Å²) in [6, 6.07) is 0. The summed E-state index contributed by atoms with van der Waals surface area (Å²) in [5.74, 6) is -13.0. The zero-order chi connectivity index (χ0) is 17.2. The van der Waals surface area contributed by atoms with Crippen molar-refractivity contribution >= 4 is 5.71 Å². The highest BCUT2D eigenvalue weighted by atomic mass is 19.4. The molecule has 0 bridgehead atoms. The van der Waals surface area contributed by atoms with E-state index in [1.165, 1.54) is 0 Å². The highest BCUT2D eigenvalue weighted by Crippen LogP contribution is 2.59. The summed E-state index contributed by atoms with van der Waals surface area (Å²) in [6.07, 6.45) is -13.1. The summed E-state index contributed by atoms with van der Waals surface area (Å²) in [5, 5.41) is 6.41. The summed E-state index contributed by atoms with van der Waals surface area (Å²) in [7, 11) is 0. The molecule has 0 aromatic carbocycles. The lowest BCUT2D eigenvalue weighted by molar-refractivity contribution is -0.324. The number of alkyl halides is 11. The lowest BCUT2D eigenvalue weighted by atomic mass is 9.76. The molecule has 0 fully saturated rings. The van der Waals surface area contributed by atoms with Crippen LogP contribution in [-0.2, 0) is 0 Å². The number of allylic oxidation sites excluding steroid dienone is 2. The number of hydrogen-bond donors (Lipinski definition) is 2. The van der Waals surface area contributed by atoms with E-state index in [-0.39, 0.29) is 0 Å². The first-order chi connectivity index (χ1) is 8.94. The summed E-state index contributed by atoms with van der Waals surface area (Å²) in [6.45, 7) is 0. The van der Waals surface area contributed by atoms with Gasteiger partial charge in [0, 0.05) is 0 Å². The van der Waals surface area contributed by atoms with Crippen LogP contribution in [0.15, 0.2) is 11.3 Å². The predicted molar refractivity (Wildman–Crippen MR) is 44.8 cm³/mol. The van der Waals surface area contributed by atoms with E-state index in [0.717, 1.165) is 0 Å². The standard InChI is InChI=1S/C8H3F11N2/c9-4(8(17,18)19)2(20)1(6(12,13)14)3(21)5(10,11)7(4,15)16/h20H,21H2. The Labute approximate surface area is 107 Å². The molecule has 0 saturated carbocycles. The molecule has 0 amide bonds. The van der Waals surface area contributed by atoms with Crippen molar-refractivity contribution in [3.8, 4) is 0 Å². The molecule has 0 aromatic rings. The van der Waals surface area contributed by atoms with E-state index in [9.17, 15) is 48.3 Å². The fourth-order valence-corrected chi connectivity index (χ4v) is 1.62. The van der Waals surface area contributed by atoms with Crippen LogP contribution < -0.4 is 5.73 Å². The predicted octanol–water partition coefficient (Wildman–Crippen LogP) is 3.34. The molecule has 1 rings (SSSR count). The number of nitrogens with two attached hydrogens (primary N) is 1. The molecule has 2 nitrogen and oxygen atoms in total. The van der Waals surface area contributed by atoms with Crippen LogP contribution in [0.25, 0.3) is 0 Å². The summed E-state index contributed by atoms with van der Waals surface area (Å²) in [4.78, 5) is 0. The van der Waals surface area contributed by atoms with Crippen molar-refractivity contribution in [2.45, 2.75) is 29.9 Å². The molecule has 21 heavy (non-hydrogen) atoms. The molecule has 0 spiro atoms. The Morgan fingerprint density at radius 2 is 1.24 bits per heavy atom. The largest absolute Gasteiger partial charge is 0.434 e. The Bertz CT molecular complexity index is 511. The fourth-order valence-electron chi connectivity index (χ4n) is 1.62. The molecule has 0 aliphatic heterocycles. The van der Waals surface area contributed by atoms with Gasteiger partial charge in [0.2, 0.25) is 0 Å². The van der Waals surface area contributed by atoms with Gasteiger partial charge in [-0.2, -0.15) is 43.9 Å². The third-order valence-electron chi connectivity index (χ3n) is 2.70. The Morgan fingerprint density at radius 3 is 1.52 bits per heavy atom. The molecular weight excluding hydrogens is 333 g/mol. The molecule has 1 unspecified atom stereocenters. The Morgan fingerprint density at radius 1 is 0.857 bits per heavy atom. The second kappa shape index (κ2) is 4.00. The monoisotopic (exact) mass is 336 g/mol. The second-order valence-corrected chi connectivity index (χ2v) is 3.97. The van der Waals surface area contributed by atoms with Crippen LogP contribution in [0.3, 0.4) is 0 Å². The maximum absolute atomic E-state index is 13.5. The molecule has 0 radical (unpaired) electrons. The van der Waals surface area contributed by atoms with Gasteiger partial charge >= 0.3 is 29.9 Å². The van der Waals surface area contributed by atoms with Gasteiger partial charge in [0.05, 0.1) is 11.4 Å². The van der Waals surface area contributed by atoms with Gasteiger partial charge in [-0.05, 0) is 0 Å². The van der Waals surface area contributed by atoms with Gasteiger partial charge in [0.15, 0.2) is 0 Å². The van der Waals surface area contributed by atoms with E-state index in [1.807, 2.05) is 0 Å². The number of hydrogen-bond acceptors (Lipinski definition) is 2. The molecule has 1 aliphatic rings. The lowest BCUT2D eigenvalue weighted by Gasteiger charge is -2.43. The Hall–Kier alpha value is -1.56. The maximum atomic E-state index is 13.5.